The summed E-state index contributed by atoms with van der Waals surface area (Å²) in [6.45, 7) is 2.64. The molecule has 4 nitrogen and oxygen atoms in total. The van der Waals surface area contributed by atoms with Crippen LogP contribution in [0.15, 0.2) is 0 Å². The first-order valence-corrected chi connectivity index (χ1v) is 5.07. The molecule has 0 bridgehead atoms. The van der Waals surface area contributed by atoms with Crippen molar-refractivity contribution in [1.29, 1.82) is 0 Å². The highest BCUT2D eigenvalue weighted by Gasteiger charge is 2.15. The van der Waals surface area contributed by atoms with Gasteiger partial charge in [0.2, 0.25) is 0 Å². The number of thiazole rings is 1. The summed E-state index contributed by atoms with van der Waals surface area (Å²) in [5.41, 5.74) is 0.426. The SMILES string of the molecule is CCNc1nc(CCl)c(C(=O)O)s1. The summed E-state index contributed by atoms with van der Waals surface area (Å²) < 4.78 is 0. The van der Waals surface area contributed by atoms with Crippen LogP contribution in [0.3, 0.4) is 0 Å². The second-order valence-electron chi connectivity index (χ2n) is 2.26. The third-order valence-electron chi connectivity index (χ3n) is 1.35. The minimum atomic E-state index is -0.975. The fraction of sp³-hybridized carbons (Fsp3) is 0.429. The van der Waals surface area contributed by atoms with Crippen molar-refractivity contribution in [3.8, 4) is 0 Å². The van der Waals surface area contributed by atoms with Crippen LogP contribution in [0.2, 0.25) is 0 Å². The van der Waals surface area contributed by atoms with Crippen molar-refractivity contribution in [2.75, 3.05) is 11.9 Å². The van der Waals surface area contributed by atoms with Crippen molar-refractivity contribution in [2.45, 2.75) is 12.8 Å². The van der Waals surface area contributed by atoms with Crippen LogP contribution < -0.4 is 5.32 Å². The molecule has 0 saturated heterocycles. The molecule has 13 heavy (non-hydrogen) atoms. The summed E-state index contributed by atoms with van der Waals surface area (Å²) in [4.78, 5) is 14.9. The Balaban J connectivity index is 2.97. The molecule has 1 heterocycles. The van der Waals surface area contributed by atoms with Crippen molar-refractivity contribution in [3.63, 3.8) is 0 Å². The Kier molecular flexibility index (Phi) is 3.50. The fourth-order valence-electron chi connectivity index (χ4n) is 0.836. The van der Waals surface area contributed by atoms with Crippen molar-refractivity contribution < 1.29 is 9.90 Å². The molecular weight excluding hydrogens is 212 g/mol. The molecule has 0 aromatic carbocycles. The molecule has 0 spiro atoms. The van der Waals surface area contributed by atoms with E-state index in [1.54, 1.807) is 0 Å². The molecule has 6 heteroatoms. The maximum atomic E-state index is 10.7. The van der Waals surface area contributed by atoms with Crippen LogP contribution in [0.5, 0.6) is 0 Å². The Labute approximate surface area is 84.6 Å². The summed E-state index contributed by atoms with van der Waals surface area (Å²) in [5, 5.41) is 12.3. The van der Waals surface area contributed by atoms with E-state index in [0.29, 0.717) is 17.4 Å². The molecule has 72 valence electrons. The highest BCUT2D eigenvalue weighted by atomic mass is 35.5. The molecule has 0 amide bonds. The molecule has 1 aromatic heterocycles. The van der Waals surface area contributed by atoms with Gasteiger partial charge >= 0.3 is 5.97 Å². The molecule has 2 N–H and O–H groups in total. The Morgan fingerprint density at radius 1 is 1.77 bits per heavy atom. The minimum Gasteiger partial charge on any atom is -0.477 e. The lowest BCUT2D eigenvalue weighted by Gasteiger charge is -1.92. The highest BCUT2D eigenvalue weighted by molar-refractivity contribution is 7.17. The standard InChI is InChI=1S/C7H9ClN2O2S/c1-2-9-7-10-4(3-8)5(13-7)6(11)12/h2-3H2,1H3,(H,9,10)(H,11,12). The van der Waals surface area contributed by atoms with Gasteiger partial charge in [-0.2, -0.15) is 0 Å². The van der Waals surface area contributed by atoms with E-state index in [9.17, 15) is 4.79 Å². The summed E-state index contributed by atoms with van der Waals surface area (Å²) >= 11 is 6.65. The molecule has 0 saturated carbocycles. The van der Waals surface area contributed by atoms with Gasteiger partial charge in [0, 0.05) is 6.54 Å². The lowest BCUT2D eigenvalue weighted by Crippen LogP contribution is -1.96. The van der Waals surface area contributed by atoms with E-state index < -0.39 is 5.97 Å². The van der Waals surface area contributed by atoms with Crippen LogP contribution >= 0.6 is 22.9 Å². The van der Waals surface area contributed by atoms with Crippen LogP contribution in [0, 0.1) is 0 Å². The topological polar surface area (TPSA) is 62.2 Å². The van der Waals surface area contributed by atoms with E-state index in [1.165, 1.54) is 0 Å². The molecule has 1 aromatic rings. The van der Waals surface area contributed by atoms with E-state index in [4.69, 9.17) is 16.7 Å². The van der Waals surface area contributed by atoms with Gasteiger partial charge in [-0.1, -0.05) is 11.3 Å². The maximum Gasteiger partial charge on any atom is 0.347 e. The van der Waals surface area contributed by atoms with Gasteiger partial charge in [-0.15, -0.1) is 11.6 Å². The Hall–Kier alpha value is -0.810. The molecule has 0 unspecified atom stereocenters. The van der Waals surface area contributed by atoms with Crippen LogP contribution in [0.1, 0.15) is 22.3 Å². The zero-order chi connectivity index (χ0) is 9.84. The van der Waals surface area contributed by atoms with E-state index in [2.05, 4.69) is 10.3 Å². The van der Waals surface area contributed by atoms with Gasteiger partial charge < -0.3 is 10.4 Å². The van der Waals surface area contributed by atoms with Gasteiger partial charge in [0.25, 0.3) is 0 Å². The lowest BCUT2D eigenvalue weighted by molar-refractivity contribution is 0.0701. The van der Waals surface area contributed by atoms with E-state index in [1.807, 2.05) is 6.92 Å². The quantitative estimate of drug-likeness (QED) is 0.762. The number of carboxylic acid groups (broad SMARTS) is 1. The number of halogens is 1. The lowest BCUT2D eigenvalue weighted by atomic mass is 10.4. The monoisotopic (exact) mass is 220 g/mol. The third-order valence-corrected chi connectivity index (χ3v) is 2.64. The first-order valence-electron chi connectivity index (χ1n) is 3.71. The average Bonchev–Trinajstić information content (AvgIpc) is 2.48. The number of nitrogens with one attached hydrogen (secondary N) is 1. The molecule has 0 aliphatic heterocycles. The second-order valence-corrected chi connectivity index (χ2v) is 3.53. The first-order chi connectivity index (χ1) is 6.19. The fourth-order valence-corrected chi connectivity index (χ4v) is 2.00. The van der Waals surface area contributed by atoms with Crippen molar-refractivity contribution in [1.82, 2.24) is 4.98 Å². The Morgan fingerprint density at radius 3 is 2.85 bits per heavy atom. The Bertz CT molecular complexity index is 313. The Morgan fingerprint density at radius 2 is 2.46 bits per heavy atom. The average molecular weight is 221 g/mol. The summed E-state index contributed by atoms with van der Waals surface area (Å²) in [7, 11) is 0. The van der Waals surface area contributed by atoms with Gasteiger partial charge in [0.1, 0.15) is 4.88 Å². The minimum absolute atomic E-state index is 0.128. The summed E-state index contributed by atoms with van der Waals surface area (Å²) in [6, 6.07) is 0. The number of carbonyl (C=O) groups is 1. The van der Waals surface area contributed by atoms with Crippen LogP contribution in [-0.2, 0) is 5.88 Å². The normalized spacial score (nSPS) is 10.0. The van der Waals surface area contributed by atoms with E-state index in [0.717, 1.165) is 11.3 Å². The maximum absolute atomic E-state index is 10.7. The molecule has 0 fully saturated rings. The zero-order valence-corrected chi connectivity index (χ0v) is 8.58. The zero-order valence-electron chi connectivity index (χ0n) is 7.00. The van der Waals surface area contributed by atoms with Gasteiger partial charge in [-0.05, 0) is 6.92 Å². The number of aromatic nitrogens is 1. The number of rotatable bonds is 4. The van der Waals surface area contributed by atoms with Crippen molar-refractivity contribution in [2.24, 2.45) is 0 Å². The van der Waals surface area contributed by atoms with Crippen LogP contribution in [0.25, 0.3) is 0 Å². The number of carboxylic acids is 1. The van der Waals surface area contributed by atoms with Gasteiger partial charge in [-0.25, -0.2) is 9.78 Å². The van der Waals surface area contributed by atoms with Gasteiger partial charge in [-0.3, -0.25) is 0 Å². The number of nitrogens with zero attached hydrogens (tertiary/aromatic N) is 1. The highest BCUT2D eigenvalue weighted by Crippen LogP contribution is 2.23. The molecular formula is C7H9ClN2O2S. The number of alkyl halides is 1. The first kappa shape index (κ1) is 10.3. The smallest absolute Gasteiger partial charge is 0.347 e. The van der Waals surface area contributed by atoms with Crippen LogP contribution in [-0.4, -0.2) is 22.6 Å². The molecule has 0 atom stereocenters. The summed E-state index contributed by atoms with van der Waals surface area (Å²) in [5.74, 6) is -0.846. The van der Waals surface area contributed by atoms with Crippen molar-refractivity contribution >= 4 is 34.0 Å². The predicted octanol–water partition coefficient (Wildman–Crippen LogP) is 2.01. The van der Waals surface area contributed by atoms with E-state index in [-0.39, 0.29) is 10.8 Å². The molecule has 0 radical (unpaired) electrons. The van der Waals surface area contributed by atoms with E-state index >= 15 is 0 Å². The number of anilines is 1. The second kappa shape index (κ2) is 4.43. The number of hydrogen-bond donors (Lipinski definition) is 2. The number of hydrogen-bond acceptors (Lipinski definition) is 4. The van der Waals surface area contributed by atoms with Gasteiger partial charge in [0.05, 0.1) is 11.6 Å². The van der Waals surface area contributed by atoms with Crippen molar-refractivity contribution in [3.05, 3.63) is 10.6 Å². The number of aromatic carboxylic acids is 1. The largest absolute Gasteiger partial charge is 0.477 e. The molecule has 0 aliphatic carbocycles. The predicted molar refractivity (Wildman–Crippen MR) is 52.8 cm³/mol. The van der Waals surface area contributed by atoms with Crippen LogP contribution in [0.4, 0.5) is 5.13 Å². The summed E-state index contributed by atoms with van der Waals surface area (Å²) in [6.07, 6.45) is 0. The third kappa shape index (κ3) is 2.32. The van der Waals surface area contributed by atoms with Gasteiger partial charge in [0.15, 0.2) is 5.13 Å². The molecule has 0 aliphatic rings. The molecule has 1 rings (SSSR count).